The molecule has 3 nitrogen and oxygen atoms in total. The zero-order valence-corrected chi connectivity index (χ0v) is 10.6. The molecule has 0 saturated heterocycles. The normalized spacial score (nSPS) is 10.8. The van der Waals surface area contributed by atoms with E-state index in [0.717, 1.165) is 6.54 Å². The first-order valence-electron chi connectivity index (χ1n) is 5.84. The highest BCUT2D eigenvalue weighted by Gasteiger charge is 2.06. The minimum Gasteiger partial charge on any atom is -0.349 e. The molecule has 0 aliphatic rings. The van der Waals surface area contributed by atoms with Crippen LogP contribution in [0.5, 0.6) is 0 Å². The van der Waals surface area contributed by atoms with Crippen molar-refractivity contribution in [1.29, 1.82) is 0 Å². The van der Waals surface area contributed by atoms with Gasteiger partial charge in [0.15, 0.2) is 0 Å². The maximum atomic E-state index is 11.6. The minimum atomic E-state index is 0.166. The SMILES string of the molecule is Cc1cccc2c1ccn2CCC(=O)N(C)C. The Labute approximate surface area is 102 Å². The molecule has 0 spiro atoms. The third kappa shape index (κ3) is 2.33. The van der Waals surface area contributed by atoms with Crippen molar-refractivity contribution in [1.82, 2.24) is 9.47 Å². The third-order valence-corrected chi connectivity index (χ3v) is 3.10. The van der Waals surface area contributed by atoms with Crippen LogP contribution in [0.4, 0.5) is 0 Å². The van der Waals surface area contributed by atoms with Crippen LogP contribution < -0.4 is 0 Å². The minimum absolute atomic E-state index is 0.166. The number of aryl methyl sites for hydroxylation is 2. The van der Waals surface area contributed by atoms with Crippen LogP contribution in [0.2, 0.25) is 0 Å². The van der Waals surface area contributed by atoms with Crippen molar-refractivity contribution in [2.24, 2.45) is 0 Å². The van der Waals surface area contributed by atoms with Crippen molar-refractivity contribution < 1.29 is 4.79 Å². The van der Waals surface area contributed by atoms with Crippen LogP contribution in [0.15, 0.2) is 30.5 Å². The lowest BCUT2D eigenvalue weighted by Crippen LogP contribution is -2.22. The number of benzene rings is 1. The number of hydrogen-bond donors (Lipinski definition) is 0. The lowest BCUT2D eigenvalue weighted by molar-refractivity contribution is -0.128. The summed E-state index contributed by atoms with van der Waals surface area (Å²) in [5.41, 5.74) is 2.48. The first kappa shape index (κ1) is 11.7. The molecule has 0 aliphatic heterocycles. The predicted molar refractivity (Wildman–Crippen MR) is 70.0 cm³/mol. The average molecular weight is 230 g/mol. The number of fused-ring (bicyclic) bond motifs is 1. The molecule has 0 aliphatic carbocycles. The second-order valence-electron chi connectivity index (χ2n) is 4.56. The number of carbonyl (C=O) groups is 1. The molecule has 1 amide bonds. The molecule has 0 radical (unpaired) electrons. The van der Waals surface area contributed by atoms with E-state index in [1.165, 1.54) is 16.5 Å². The molecule has 90 valence electrons. The number of rotatable bonds is 3. The van der Waals surface area contributed by atoms with Crippen LogP contribution >= 0.6 is 0 Å². The summed E-state index contributed by atoms with van der Waals surface area (Å²) in [6, 6.07) is 8.38. The quantitative estimate of drug-likeness (QED) is 0.795. The summed E-state index contributed by atoms with van der Waals surface area (Å²) in [7, 11) is 3.58. The molecule has 3 heteroatoms. The molecular formula is C14H18N2O. The standard InChI is InChI=1S/C14H18N2O/c1-11-5-4-6-13-12(11)7-9-16(13)10-8-14(17)15(2)3/h4-7,9H,8,10H2,1-3H3. The zero-order valence-electron chi connectivity index (χ0n) is 10.6. The smallest absolute Gasteiger partial charge is 0.223 e. The van der Waals surface area contributed by atoms with Gasteiger partial charge >= 0.3 is 0 Å². The topological polar surface area (TPSA) is 25.2 Å². The Bertz CT molecular complexity index is 540. The van der Waals surface area contributed by atoms with Gasteiger partial charge in [0.25, 0.3) is 0 Å². The fraction of sp³-hybridized carbons (Fsp3) is 0.357. The van der Waals surface area contributed by atoms with E-state index in [4.69, 9.17) is 0 Å². The van der Waals surface area contributed by atoms with E-state index < -0.39 is 0 Å². The van der Waals surface area contributed by atoms with Crippen molar-refractivity contribution in [3.63, 3.8) is 0 Å². The lowest BCUT2D eigenvalue weighted by atomic mass is 10.1. The molecule has 17 heavy (non-hydrogen) atoms. The molecule has 1 heterocycles. The van der Waals surface area contributed by atoms with Crippen molar-refractivity contribution in [2.75, 3.05) is 14.1 Å². The highest BCUT2D eigenvalue weighted by molar-refractivity contribution is 5.83. The maximum Gasteiger partial charge on any atom is 0.223 e. The summed E-state index contributed by atoms with van der Waals surface area (Å²) in [5, 5.41) is 1.27. The van der Waals surface area contributed by atoms with Gasteiger partial charge in [-0.25, -0.2) is 0 Å². The van der Waals surface area contributed by atoms with Gasteiger partial charge in [0.1, 0.15) is 0 Å². The van der Waals surface area contributed by atoms with Crippen LogP contribution in [0.1, 0.15) is 12.0 Å². The Morgan fingerprint density at radius 3 is 2.76 bits per heavy atom. The summed E-state index contributed by atoms with van der Waals surface area (Å²) in [6.07, 6.45) is 2.60. The van der Waals surface area contributed by atoms with Crippen molar-refractivity contribution in [3.05, 3.63) is 36.0 Å². The van der Waals surface area contributed by atoms with E-state index in [1.54, 1.807) is 19.0 Å². The number of amides is 1. The van der Waals surface area contributed by atoms with Crippen LogP contribution in [0, 0.1) is 6.92 Å². The Hall–Kier alpha value is -1.77. The largest absolute Gasteiger partial charge is 0.349 e. The molecule has 1 aromatic heterocycles. The Balaban J connectivity index is 2.20. The lowest BCUT2D eigenvalue weighted by Gasteiger charge is -2.11. The highest BCUT2D eigenvalue weighted by Crippen LogP contribution is 2.19. The summed E-state index contributed by atoms with van der Waals surface area (Å²) < 4.78 is 2.14. The van der Waals surface area contributed by atoms with E-state index >= 15 is 0 Å². The molecule has 0 unspecified atom stereocenters. The van der Waals surface area contributed by atoms with Crippen LogP contribution in [0.25, 0.3) is 10.9 Å². The van der Waals surface area contributed by atoms with E-state index in [2.05, 4.69) is 42.0 Å². The average Bonchev–Trinajstić information content (AvgIpc) is 2.70. The fourth-order valence-electron chi connectivity index (χ4n) is 2.01. The van der Waals surface area contributed by atoms with Gasteiger partial charge in [-0.3, -0.25) is 4.79 Å². The molecule has 1 aromatic carbocycles. The molecule has 0 N–H and O–H groups in total. The molecule has 2 aromatic rings. The van der Waals surface area contributed by atoms with Gasteiger partial charge in [-0.2, -0.15) is 0 Å². The van der Waals surface area contributed by atoms with Crippen molar-refractivity contribution >= 4 is 16.8 Å². The van der Waals surface area contributed by atoms with Crippen LogP contribution in [-0.2, 0) is 11.3 Å². The van der Waals surface area contributed by atoms with Crippen LogP contribution in [0.3, 0.4) is 0 Å². The predicted octanol–water partition coefficient (Wildman–Crippen LogP) is 2.43. The summed E-state index contributed by atoms with van der Waals surface area (Å²) in [4.78, 5) is 13.2. The number of nitrogens with zero attached hydrogens (tertiary/aromatic N) is 2. The first-order chi connectivity index (χ1) is 8.09. The second-order valence-corrected chi connectivity index (χ2v) is 4.56. The van der Waals surface area contributed by atoms with Gasteiger partial charge in [-0.1, -0.05) is 12.1 Å². The van der Waals surface area contributed by atoms with Crippen LogP contribution in [-0.4, -0.2) is 29.5 Å². The second kappa shape index (κ2) is 4.62. The monoisotopic (exact) mass is 230 g/mol. The van der Waals surface area contributed by atoms with E-state index in [0.29, 0.717) is 6.42 Å². The van der Waals surface area contributed by atoms with Gasteiger partial charge in [-0.15, -0.1) is 0 Å². The molecular weight excluding hydrogens is 212 g/mol. The number of aromatic nitrogens is 1. The Morgan fingerprint density at radius 2 is 2.06 bits per heavy atom. The molecule has 0 fully saturated rings. The molecule has 2 rings (SSSR count). The Morgan fingerprint density at radius 1 is 1.29 bits per heavy atom. The number of hydrogen-bond acceptors (Lipinski definition) is 1. The fourth-order valence-corrected chi connectivity index (χ4v) is 2.01. The van der Waals surface area contributed by atoms with Gasteiger partial charge in [-0.05, 0) is 24.6 Å². The molecule has 0 atom stereocenters. The van der Waals surface area contributed by atoms with E-state index in [-0.39, 0.29) is 5.91 Å². The summed E-state index contributed by atoms with van der Waals surface area (Å²) in [6.45, 7) is 2.85. The third-order valence-electron chi connectivity index (χ3n) is 3.10. The van der Waals surface area contributed by atoms with Gasteiger partial charge in [0.05, 0.1) is 0 Å². The summed E-state index contributed by atoms with van der Waals surface area (Å²) >= 11 is 0. The Kier molecular flexibility index (Phi) is 3.18. The maximum absolute atomic E-state index is 11.6. The number of carbonyl (C=O) groups excluding carboxylic acids is 1. The van der Waals surface area contributed by atoms with E-state index in [9.17, 15) is 4.79 Å². The summed E-state index contributed by atoms with van der Waals surface area (Å²) in [5.74, 6) is 0.166. The highest BCUT2D eigenvalue weighted by atomic mass is 16.2. The van der Waals surface area contributed by atoms with Crippen molar-refractivity contribution in [3.8, 4) is 0 Å². The van der Waals surface area contributed by atoms with Gasteiger partial charge < -0.3 is 9.47 Å². The zero-order chi connectivity index (χ0) is 12.4. The van der Waals surface area contributed by atoms with Gasteiger partial charge in [0, 0.05) is 44.2 Å². The van der Waals surface area contributed by atoms with Crippen molar-refractivity contribution in [2.45, 2.75) is 19.9 Å². The first-order valence-corrected chi connectivity index (χ1v) is 5.84. The van der Waals surface area contributed by atoms with Gasteiger partial charge in [0.2, 0.25) is 5.91 Å². The molecule has 0 bridgehead atoms. The van der Waals surface area contributed by atoms with E-state index in [1.807, 2.05) is 0 Å². The molecule has 0 saturated carbocycles.